The highest BCUT2D eigenvalue weighted by atomic mass is 16.7. The second kappa shape index (κ2) is 7.28. The summed E-state index contributed by atoms with van der Waals surface area (Å²) in [5.74, 6) is 0.194. The van der Waals surface area contributed by atoms with E-state index in [1.54, 1.807) is 6.07 Å². The first-order chi connectivity index (χ1) is 9.75. The molecule has 0 aliphatic carbocycles. The van der Waals surface area contributed by atoms with Gasteiger partial charge in [-0.1, -0.05) is 36.4 Å². The molecule has 1 aromatic heterocycles. The van der Waals surface area contributed by atoms with Gasteiger partial charge < -0.3 is 9.84 Å². The van der Waals surface area contributed by atoms with Gasteiger partial charge in [0.1, 0.15) is 0 Å². The molecule has 1 heterocycles. The molecule has 0 unspecified atom stereocenters. The Bertz CT molecular complexity index is 555. The van der Waals surface area contributed by atoms with Crippen LogP contribution >= 0.6 is 0 Å². The standard InChI is InChI=1S/C16H17NO3/c18-16(19)20-15-14(11-6-12-17-15)10-5-4-9-13-7-2-1-3-8-13/h1-3,6-8,11-12H,4-5,9-10H2,(H,18,19). The van der Waals surface area contributed by atoms with E-state index < -0.39 is 6.16 Å². The molecule has 1 aromatic carbocycles. The van der Waals surface area contributed by atoms with E-state index in [2.05, 4.69) is 21.9 Å². The predicted octanol–water partition coefficient (Wildman–Crippen LogP) is 3.70. The van der Waals surface area contributed by atoms with Gasteiger partial charge in [0.15, 0.2) is 0 Å². The summed E-state index contributed by atoms with van der Waals surface area (Å²) in [6, 6.07) is 14.0. The SMILES string of the molecule is O=C(O)Oc1ncccc1CCCCc1ccccc1. The molecule has 0 bridgehead atoms. The maximum atomic E-state index is 10.6. The summed E-state index contributed by atoms with van der Waals surface area (Å²) in [6.45, 7) is 0. The average Bonchev–Trinajstić information content (AvgIpc) is 2.46. The fourth-order valence-electron chi connectivity index (χ4n) is 2.08. The summed E-state index contributed by atoms with van der Waals surface area (Å²) >= 11 is 0. The number of pyridine rings is 1. The second-order valence-corrected chi connectivity index (χ2v) is 4.53. The first-order valence-corrected chi connectivity index (χ1v) is 6.64. The topological polar surface area (TPSA) is 59.4 Å². The van der Waals surface area contributed by atoms with Gasteiger partial charge in [-0.05, 0) is 37.3 Å². The summed E-state index contributed by atoms with van der Waals surface area (Å²) in [7, 11) is 0. The summed E-state index contributed by atoms with van der Waals surface area (Å²) in [6.07, 6.45) is 4.02. The van der Waals surface area contributed by atoms with E-state index in [1.165, 1.54) is 11.8 Å². The van der Waals surface area contributed by atoms with Gasteiger partial charge in [-0.15, -0.1) is 0 Å². The van der Waals surface area contributed by atoms with Crippen LogP contribution in [0.15, 0.2) is 48.7 Å². The molecule has 0 spiro atoms. The summed E-state index contributed by atoms with van der Waals surface area (Å²) < 4.78 is 4.67. The number of rotatable bonds is 6. The van der Waals surface area contributed by atoms with Crippen molar-refractivity contribution < 1.29 is 14.6 Å². The van der Waals surface area contributed by atoms with E-state index in [9.17, 15) is 4.79 Å². The Kier molecular flexibility index (Phi) is 5.12. The van der Waals surface area contributed by atoms with Crippen LogP contribution < -0.4 is 4.74 Å². The lowest BCUT2D eigenvalue weighted by molar-refractivity contribution is 0.142. The molecule has 0 radical (unpaired) electrons. The highest BCUT2D eigenvalue weighted by Gasteiger charge is 2.08. The number of benzene rings is 1. The van der Waals surface area contributed by atoms with Crippen molar-refractivity contribution in [3.8, 4) is 5.88 Å². The second-order valence-electron chi connectivity index (χ2n) is 4.53. The predicted molar refractivity (Wildman–Crippen MR) is 76.0 cm³/mol. The van der Waals surface area contributed by atoms with Crippen LogP contribution in [-0.2, 0) is 12.8 Å². The number of aromatic nitrogens is 1. The molecule has 0 amide bonds. The number of hydrogen-bond acceptors (Lipinski definition) is 3. The van der Waals surface area contributed by atoms with Gasteiger partial charge in [0.25, 0.3) is 0 Å². The fraction of sp³-hybridized carbons (Fsp3) is 0.250. The van der Waals surface area contributed by atoms with Crippen LogP contribution in [0.5, 0.6) is 5.88 Å². The lowest BCUT2D eigenvalue weighted by Crippen LogP contribution is -2.07. The van der Waals surface area contributed by atoms with Crippen molar-refractivity contribution in [2.45, 2.75) is 25.7 Å². The summed E-state index contributed by atoms with van der Waals surface area (Å²) in [4.78, 5) is 14.5. The van der Waals surface area contributed by atoms with E-state index in [-0.39, 0.29) is 5.88 Å². The molecule has 1 N–H and O–H groups in total. The van der Waals surface area contributed by atoms with Crippen molar-refractivity contribution in [3.63, 3.8) is 0 Å². The zero-order chi connectivity index (χ0) is 14.2. The molecule has 0 aliphatic heterocycles. The van der Waals surface area contributed by atoms with Crippen molar-refractivity contribution in [1.82, 2.24) is 4.98 Å². The van der Waals surface area contributed by atoms with Gasteiger partial charge in [0.05, 0.1) is 0 Å². The third kappa shape index (κ3) is 4.39. The molecule has 0 saturated heterocycles. The molecule has 0 aliphatic rings. The maximum Gasteiger partial charge on any atom is 0.512 e. The minimum Gasteiger partial charge on any atom is -0.449 e. The molecule has 0 saturated carbocycles. The van der Waals surface area contributed by atoms with Crippen LogP contribution in [0, 0.1) is 0 Å². The zero-order valence-corrected chi connectivity index (χ0v) is 11.2. The average molecular weight is 271 g/mol. The van der Waals surface area contributed by atoms with Crippen LogP contribution in [0.4, 0.5) is 4.79 Å². The molecular formula is C16H17NO3. The van der Waals surface area contributed by atoms with Crippen LogP contribution in [-0.4, -0.2) is 16.2 Å². The quantitative estimate of drug-likeness (QED) is 0.642. The van der Waals surface area contributed by atoms with E-state index in [0.717, 1.165) is 31.2 Å². The van der Waals surface area contributed by atoms with E-state index >= 15 is 0 Å². The third-order valence-electron chi connectivity index (χ3n) is 3.04. The zero-order valence-electron chi connectivity index (χ0n) is 11.2. The molecule has 2 aromatic rings. The van der Waals surface area contributed by atoms with Gasteiger partial charge in [0.2, 0.25) is 5.88 Å². The largest absolute Gasteiger partial charge is 0.512 e. The molecule has 2 rings (SSSR count). The van der Waals surface area contributed by atoms with Crippen molar-refractivity contribution >= 4 is 6.16 Å². The van der Waals surface area contributed by atoms with Crippen molar-refractivity contribution in [2.75, 3.05) is 0 Å². The van der Waals surface area contributed by atoms with Gasteiger partial charge in [-0.2, -0.15) is 0 Å². The first kappa shape index (κ1) is 14.1. The molecule has 4 heteroatoms. The molecule has 0 fully saturated rings. The Morgan fingerprint density at radius 1 is 1.05 bits per heavy atom. The Balaban J connectivity index is 1.83. The normalized spacial score (nSPS) is 10.2. The lowest BCUT2D eigenvalue weighted by atomic mass is 10.0. The Morgan fingerprint density at radius 3 is 2.55 bits per heavy atom. The number of aryl methyl sites for hydroxylation is 2. The highest BCUT2D eigenvalue weighted by Crippen LogP contribution is 2.17. The number of ether oxygens (including phenoxy) is 1. The highest BCUT2D eigenvalue weighted by molar-refractivity contribution is 5.60. The minimum atomic E-state index is -1.32. The van der Waals surface area contributed by atoms with Crippen LogP contribution in [0.1, 0.15) is 24.0 Å². The van der Waals surface area contributed by atoms with Crippen molar-refractivity contribution in [2.24, 2.45) is 0 Å². The number of carbonyl (C=O) groups is 1. The van der Waals surface area contributed by atoms with Gasteiger partial charge in [0, 0.05) is 11.8 Å². The molecule has 0 atom stereocenters. The van der Waals surface area contributed by atoms with E-state index in [4.69, 9.17) is 5.11 Å². The first-order valence-electron chi connectivity index (χ1n) is 6.64. The smallest absolute Gasteiger partial charge is 0.449 e. The lowest BCUT2D eigenvalue weighted by Gasteiger charge is -2.06. The van der Waals surface area contributed by atoms with Crippen LogP contribution in [0.25, 0.3) is 0 Å². The number of carboxylic acid groups (broad SMARTS) is 1. The van der Waals surface area contributed by atoms with Gasteiger partial charge >= 0.3 is 6.16 Å². The molecule has 20 heavy (non-hydrogen) atoms. The van der Waals surface area contributed by atoms with Crippen LogP contribution in [0.2, 0.25) is 0 Å². The fourth-order valence-corrected chi connectivity index (χ4v) is 2.08. The molecule has 104 valence electrons. The molecule has 4 nitrogen and oxygen atoms in total. The Labute approximate surface area is 118 Å². The van der Waals surface area contributed by atoms with E-state index in [0.29, 0.717) is 0 Å². The summed E-state index contributed by atoms with van der Waals surface area (Å²) in [5, 5.41) is 8.65. The number of nitrogens with zero attached hydrogens (tertiary/aromatic N) is 1. The third-order valence-corrected chi connectivity index (χ3v) is 3.04. The van der Waals surface area contributed by atoms with Gasteiger partial charge in [-0.3, -0.25) is 0 Å². The van der Waals surface area contributed by atoms with Crippen LogP contribution in [0.3, 0.4) is 0 Å². The van der Waals surface area contributed by atoms with E-state index in [1.807, 2.05) is 24.3 Å². The Hall–Kier alpha value is -2.36. The number of unbranched alkanes of at least 4 members (excludes halogenated alkanes) is 1. The minimum absolute atomic E-state index is 0.194. The Morgan fingerprint density at radius 2 is 1.80 bits per heavy atom. The monoisotopic (exact) mass is 271 g/mol. The molecular weight excluding hydrogens is 254 g/mol. The van der Waals surface area contributed by atoms with Crippen molar-refractivity contribution in [1.29, 1.82) is 0 Å². The summed E-state index contributed by atoms with van der Waals surface area (Å²) in [5.41, 5.74) is 2.16. The maximum absolute atomic E-state index is 10.6. The number of hydrogen-bond donors (Lipinski definition) is 1. The van der Waals surface area contributed by atoms with Gasteiger partial charge in [-0.25, -0.2) is 9.78 Å². The van der Waals surface area contributed by atoms with Crippen molar-refractivity contribution in [3.05, 3.63) is 59.8 Å².